The maximum Gasteiger partial charge on any atom is 0.130 e. The summed E-state index contributed by atoms with van der Waals surface area (Å²) in [6, 6.07) is 0. The van der Waals surface area contributed by atoms with E-state index < -0.39 is 11.5 Å². The molecule has 0 spiro atoms. The highest BCUT2D eigenvalue weighted by Crippen LogP contribution is 2.38. The summed E-state index contributed by atoms with van der Waals surface area (Å²) >= 11 is 0. The van der Waals surface area contributed by atoms with E-state index in [0.717, 1.165) is 18.3 Å². The third kappa shape index (κ3) is 3.29. The van der Waals surface area contributed by atoms with E-state index in [1.165, 1.54) is 0 Å². The van der Waals surface area contributed by atoms with Crippen LogP contribution in [0.25, 0.3) is 0 Å². The molecule has 0 saturated carbocycles. The first-order chi connectivity index (χ1) is 7.90. The maximum absolute atomic E-state index is 11.1. The van der Waals surface area contributed by atoms with Crippen LogP contribution >= 0.6 is 0 Å². The Kier molecular flexibility index (Phi) is 4.70. The van der Waals surface area contributed by atoms with Crippen molar-refractivity contribution in [3.05, 3.63) is 23.8 Å². The SMILES string of the molecule is CC(C)CC1=CC=CC(C=O)C1(O)CC(C)C. The predicted molar refractivity (Wildman–Crippen MR) is 70.6 cm³/mol. The molecule has 0 saturated heterocycles. The Labute approximate surface area is 104 Å². The first kappa shape index (κ1) is 14.2. The Morgan fingerprint density at radius 1 is 1.35 bits per heavy atom. The fourth-order valence-electron chi connectivity index (χ4n) is 2.54. The van der Waals surface area contributed by atoms with Crippen LogP contribution in [-0.4, -0.2) is 17.0 Å². The molecule has 17 heavy (non-hydrogen) atoms. The van der Waals surface area contributed by atoms with Crippen LogP contribution in [0.2, 0.25) is 0 Å². The number of aldehydes is 1. The quantitative estimate of drug-likeness (QED) is 0.745. The number of carbonyl (C=O) groups is 1. The van der Waals surface area contributed by atoms with E-state index in [9.17, 15) is 9.90 Å². The molecule has 1 rings (SSSR count). The molecule has 96 valence electrons. The Morgan fingerprint density at radius 3 is 2.47 bits per heavy atom. The number of carbonyl (C=O) groups excluding carboxylic acids is 1. The van der Waals surface area contributed by atoms with E-state index in [4.69, 9.17) is 0 Å². The van der Waals surface area contributed by atoms with E-state index >= 15 is 0 Å². The smallest absolute Gasteiger partial charge is 0.130 e. The lowest BCUT2D eigenvalue weighted by Gasteiger charge is -2.38. The monoisotopic (exact) mass is 236 g/mol. The summed E-state index contributed by atoms with van der Waals surface area (Å²) in [5, 5.41) is 10.9. The minimum Gasteiger partial charge on any atom is -0.384 e. The zero-order chi connectivity index (χ0) is 13.1. The molecule has 0 radical (unpaired) electrons. The molecule has 1 N–H and O–H groups in total. The Balaban J connectivity index is 3.01. The van der Waals surface area contributed by atoms with Gasteiger partial charge in [-0.1, -0.05) is 45.9 Å². The Hall–Kier alpha value is -0.890. The van der Waals surface area contributed by atoms with Gasteiger partial charge < -0.3 is 9.90 Å². The van der Waals surface area contributed by atoms with Gasteiger partial charge in [0.25, 0.3) is 0 Å². The molecule has 1 aliphatic carbocycles. The molecule has 2 unspecified atom stereocenters. The zero-order valence-electron chi connectivity index (χ0n) is 11.3. The summed E-state index contributed by atoms with van der Waals surface area (Å²) < 4.78 is 0. The highest BCUT2D eigenvalue weighted by atomic mass is 16.3. The molecule has 1 aliphatic rings. The van der Waals surface area contributed by atoms with Gasteiger partial charge in [0.05, 0.1) is 11.5 Å². The standard InChI is InChI=1S/C15H24O2/c1-11(2)8-13-6-5-7-14(10-16)15(13,17)9-12(3)4/h5-7,10-12,14,17H,8-9H2,1-4H3. The predicted octanol–water partition coefficient (Wildman–Crippen LogP) is 3.12. The van der Waals surface area contributed by atoms with Crippen molar-refractivity contribution in [3.8, 4) is 0 Å². The van der Waals surface area contributed by atoms with E-state index in [-0.39, 0.29) is 0 Å². The molecular weight excluding hydrogens is 212 g/mol. The van der Waals surface area contributed by atoms with E-state index in [1.54, 1.807) is 6.08 Å². The molecule has 0 aromatic rings. The number of hydrogen-bond acceptors (Lipinski definition) is 2. The number of hydrogen-bond donors (Lipinski definition) is 1. The van der Waals surface area contributed by atoms with Gasteiger partial charge in [-0.05, 0) is 30.3 Å². The molecule has 0 amide bonds. The molecule has 0 aromatic carbocycles. The first-order valence-electron chi connectivity index (χ1n) is 6.45. The molecule has 0 heterocycles. The number of allylic oxidation sites excluding steroid dienone is 2. The van der Waals surface area contributed by atoms with Crippen molar-refractivity contribution in [2.45, 2.75) is 46.1 Å². The summed E-state index contributed by atoms with van der Waals surface area (Å²) in [7, 11) is 0. The summed E-state index contributed by atoms with van der Waals surface area (Å²) in [6.45, 7) is 8.41. The van der Waals surface area contributed by atoms with Crippen LogP contribution in [0.1, 0.15) is 40.5 Å². The maximum atomic E-state index is 11.1. The number of aliphatic hydroxyl groups is 1. The van der Waals surface area contributed by atoms with Crippen molar-refractivity contribution >= 4 is 6.29 Å². The Bertz CT molecular complexity index is 326. The highest BCUT2D eigenvalue weighted by molar-refractivity contribution is 5.62. The van der Waals surface area contributed by atoms with E-state index in [1.807, 2.05) is 12.2 Å². The lowest BCUT2D eigenvalue weighted by Crippen LogP contribution is -2.43. The molecule has 2 heteroatoms. The lowest BCUT2D eigenvalue weighted by atomic mass is 9.71. The first-order valence-corrected chi connectivity index (χ1v) is 6.45. The lowest BCUT2D eigenvalue weighted by molar-refractivity contribution is -0.116. The van der Waals surface area contributed by atoms with Gasteiger partial charge in [-0.2, -0.15) is 0 Å². The topological polar surface area (TPSA) is 37.3 Å². The van der Waals surface area contributed by atoms with Crippen molar-refractivity contribution in [2.24, 2.45) is 17.8 Å². The van der Waals surface area contributed by atoms with Crippen LogP contribution in [0.5, 0.6) is 0 Å². The fourth-order valence-corrected chi connectivity index (χ4v) is 2.54. The molecule has 0 fully saturated rings. The molecule has 0 bridgehead atoms. The number of rotatable bonds is 5. The largest absolute Gasteiger partial charge is 0.384 e. The van der Waals surface area contributed by atoms with E-state index in [2.05, 4.69) is 27.7 Å². The second-order valence-corrected chi connectivity index (χ2v) is 5.86. The van der Waals surface area contributed by atoms with Gasteiger partial charge in [-0.15, -0.1) is 0 Å². The second kappa shape index (κ2) is 5.63. The third-order valence-corrected chi connectivity index (χ3v) is 3.22. The Morgan fingerprint density at radius 2 is 2.00 bits per heavy atom. The van der Waals surface area contributed by atoms with Gasteiger partial charge in [0, 0.05) is 0 Å². The van der Waals surface area contributed by atoms with Gasteiger partial charge in [0.1, 0.15) is 6.29 Å². The van der Waals surface area contributed by atoms with Crippen LogP contribution in [0.3, 0.4) is 0 Å². The molecule has 2 nitrogen and oxygen atoms in total. The van der Waals surface area contributed by atoms with Gasteiger partial charge in [0.2, 0.25) is 0 Å². The van der Waals surface area contributed by atoms with Crippen molar-refractivity contribution in [2.75, 3.05) is 0 Å². The highest BCUT2D eigenvalue weighted by Gasteiger charge is 2.40. The average molecular weight is 236 g/mol. The summed E-state index contributed by atoms with van der Waals surface area (Å²) in [4.78, 5) is 11.1. The fraction of sp³-hybridized carbons (Fsp3) is 0.667. The third-order valence-electron chi connectivity index (χ3n) is 3.22. The van der Waals surface area contributed by atoms with Crippen molar-refractivity contribution < 1.29 is 9.90 Å². The van der Waals surface area contributed by atoms with Crippen molar-refractivity contribution in [1.82, 2.24) is 0 Å². The van der Waals surface area contributed by atoms with E-state index in [0.29, 0.717) is 18.3 Å². The van der Waals surface area contributed by atoms with Crippen LogP contribution in [0.4, 0.5) is 0 Å². The van der Waals surface area contributed by atoms with Gasteiger partial charge >= 0.3 is 0 Å². The van der Waals surface area contributed by atoms with Crippen molar-refractivity contribution in [1.29, 1.82) is 0 Å². The zero-order valence-corrected chi connectivity index (χ0v) is 11.3. The van der Waals surface area contributed by atoms with Crippen LogP contribution in [0.15, 0.2) is 23.8 Å². The average Bonchev–Trinajstić information content (AvgIpc) is 2.19. The van der Waals surface area contributed by atoms with Crippen LogP contribution in [0, 0.1) is 17.8 Å². The van der Waals surface area contributed by atoms with Gasteiger partial charge in [0.15, 0.2) is 0 Å². The minimum absolute atomic E-state index is 0.365. The minimum atomic E-state index is -0.977. The second-order valence-electron chi connectivity index (χ2n) is 5.86. The van der Waals surface area contributed by atoms with Crippen molar-refractivity contribution in [3.63, 3.8) is 0 Å². The molecule has 0 aromatic heterocycles. The summed E-state index contributed by atoms with van der Waals surface area (Å²) in [6.07, 6.45) is 8.02. The molecule has 2 atom stereocenters. The van der Waals surface area contributed by atoms with Crippen LogP contribution in [-0.2, 0) is 4.79 Å². The molecular formula is C15H24O2. The van der Waals surface area contributed by atoms with Crippen LogP contribution < -0.4 is 0 Å². The normalized spacial score (nSPS) is 28.6. The summed E-state index contributed by atoms with van der Waals surface area (Å²) in [5.74, 6) is 0.451. The van der Waals surface area contributed by atoms with Gasteiger partial charge in [-0.3, -0.25) is 0 Å². The summed E-state index contributed by atoms with van der Waals surface area (Å²) in [5.41, 5.74) is 0.0235. The van der Waals surface area contributed by atoms with Gasteiger partial charge in [-0.25, -0.2) is 0 Å². The molecule has 0 aliphatic heterocycles.